The highest BCUT2D eigenvalue weighted by Gasteiger charge is 2.70. The van der Waals surface area contributed by atoms with Crippen LogP contribution >= 0.6 is 0 Å². The number of sulfonamides is 1. The second-order valence-corrected chi connectivity index (χ2v) is 8.51. The maximum absolute atomic E-state index is 13.1. The van der Waals surface area contributed by atoms with Crippen LogP contribution in [0.15, 0.2) is 23.1 Å². The van der Waals surface area contributed by atoms with Crippen molar-refractivity contribution in [1.29, 1.82) is 0 Å². The summed E-state index contributed by atoms with van der Waals surface area (Å²) in [4.78, 5) is 11.3. The van der Waals surface area contributed by atoms with Crippen molar-refractivity contribution >= 4 is 16.1 Å². The molecule has 0 aliphatic heterocycles. The molecule has 0 aliphatic rings. The van der Waals surface area contributed by atoms with E-state index < -0.39 is 82.3 Å². The van der Waals surface area contributed by atoms with Crippen molar-refractivity contribution < 1.29 is 75.4 Å². The fourth-order valence-electron chi connectivity index (χ4n) is 2.42. The Morgan fingerprint density at radius 2 is 1.32 bits per heavy atom. The predicted octanol–water partition coefficient (Wildman–Crippen LogP) is 4.33. The van der Waals surface area contributed by atoms with Gasteiger partial charge < -0.3 is 14.8 Å². The molecule has 0 fully saturated rings. The van der Waals surface area contributed by atoms with Gasteiger partial charge in [0.15, 0.2) is 13.2 Å². The summed E-state index contributed by atoms with van der Waals surface area (Å²) in [5, 5.41) is 0.535. The zero-order chi connectivity index (χ0) is 29.1. The smallest absolute Gasteiger partial charge is 0.422 e. The second-order valence-electron chi connectivity index (χ2n) is 6.86. The fourth-order valence-corrected chi connectivity index (χ4v) is 3.42. The lowest BCUT2D eigenvalue weighted by Crippen LogP contribution is -2.69. The Morgan fingerprint density at radius 1 is 0.838 bits per heavy atom. The van der Waals surface area contributed by atoms with Crippen LogP contribution in [0.5, 0.6) is 11.5 Å². The Bertz CT molecular complexity index is 1040. The number of carbonyl (C=O) groups is 1. The molecule has 0 saturated heterocycles. The van der Waals surface area contributed by atoms with Crippen LogP contribution < -0.4 is 25.0 Å². The molecule has 0 radical (unpaired) electrons. The molecule has 1 rings (SSSR count). The number of rotatable bonds is 9. The molecule has 1 aromatic carbocycles. The summed E-state index contributed by atoms with van der Waals surface area (Å²) >= 11 is 0. The summed E-state index contributed by atoms with van der Waals surface area (Å²) in [7, 11) is -5.40. The van der Waals surface area contributed by atoms with Crippen LogP contribution in [-0.2, 0) is 10.0 Å². The van der Waals surface area contributed by atoms with Crippen LogP contribution in [0.1, 0.15) is 13.3 Å². The number of alkyl halides is 12. The lowest BCUT2D eigenvalue weighted by molar-refractivity contribution is -0.304. The van der Waals surface area contributed by atoms with E-state index >= 15 is 0 Å². The summed E-state index contributed by atoms with van der Waals surface area (Å²) in [5.74, 6) is -2.08. The number of ether oxygens (including phenoxy) is 2. The van der Waals surface area contributed by atoms with Gasteiger partial charge in [0.05, 0.1) is 0 Å². The summed E-state index contributed by atoms with van der Waals surface area (Å²) in [6.07, 6.45) is -24.0. The van der Waals surface area contributed by atoms with E-state index in [0.29, 0.717) is 24.4 Å². The van der Waals surface area contributed by atoms with Gasteiger partial charge >= 0.3 is 30.7 Å². The number of amides is 2. The Morgan fingerprint density at radius 3 is 1.76 bits per heavy atom. The number of urea groups is 1. The van der Waals surface area contributed by atoms with Crippen molar-refractivity contribution in [2.45, 2.75) is 48.5 Å². The molecule has 0 spiro atoms. The van der Waals surface area contributed by atoms with Crippen molar-refractivity contribution in [2.24, 2.45) is 0 Å². The van der Waals surface area contributed by atoms with E-state index in [2.05, 4.69) is 9.47 Å². The summed E-state index contributed by atoms with van der Waals surface area (Å²) in [6.45, 7) is -3.71. The number of hydrogen-bond donors (Lipinski definition) is 3. The highest BCUT2D eigenvalue weighted by atomic mass is 32.2. The molecule has 214 valence electrons. The minimum atomic E-state index is -6.11. The zero-order valence-electron chi connectivity index (χ0n) is 17.8. The quantitative estimate of drug-likeness (QED) is 0.294. The molecule has 0 aliphatic carbocycles. The molecule has 0 bridgehead atoms. The largest absolute Gasteiger partial charge is 0.484 e. The van der Waals surface area contributed by atoms with Gasteiger partial charge in [-0.2, -0.15) is 52.7 Å². The number of hydrogen-bond acceptors (Lipinski definition) is 5. The van der Waals surface area contributed by atoms with E-state index in [1.165, 1.54) is 0 Å². The fraction of sp³-hybridized carbons (Fsp3) is 0.562. The van der Waals surface area contributed by atoms with Crippen LogP contribution in [0.3, 0.4) is 0 Å². The van der Waals surface area contributed by atoms with E-state index in [-0.39, 0.29) is 6.07 Å². The molecule has 8 nitrogen and oxygen atoms in total. The van der Waals surface area contributed by atoms with E-state index in [4.69, 9.17) is 0 Å². The average molecular weight is 589 g/mol. The molecule has 37 heavy (non-hydrogen) atoms. The van der Waals surface area contributed by atoms with Gasteiger partial charge in [-0.05, 0) is 18.6 Å². The molecular weight excluding hydrogens is 574 g/mol. The van der Waals surface area contributed by atoms with Gasteiger partial charge in [-0.1, -0.05) is 6.92 Å². The maximum atomic E-state index is 13.1. The first-order valence-corrected chi connectivity index (χ1v) is 10.7. The standard InChI is InChI=1S/C16H15F12N3O5S/c1-2-12(15(23,24)25,16(26,27)28)29-11(32)30-31-37(33,34)10-5-8(35-6-13(17,18)19)3-4-9(10)36-7-14(20,21)22/h3-5,31H,2,6-7H2,1H3,(H2,29,30,32). The zero-order valence-corrected chi connectivity index (χ0v) is 18.7. The van der Waals surface area contributed by atoms with E-state index in [9.17, 15) is 65.9 Å². The van der Waals surface area contributed by atoms with Crippen LogP contribution in [0, 0.1) is 0 Å². The molecule has 3 N–H and O–H groups in total. The van der Waals surface area contributed by atoms with Gasteiger partial charge in [-0.3, -0.25) is 5.43 Å². The monoisotopic (exact) mass is 589 g/mol. The van der Waals surface area contributed by atoms with E-state index in [1.54, 1.807) is 0 Å². The third-order valence-electron chi connectivity index (χ3n) is 4.12. The number of nitrogens with one attached hydrogen (secondary N) is 3. The molecule has 21 heteroatoms. The van der Waals surface area contributed by atoms with Gasteiger partial charge in [-0.15, -0.1) is 4.83 Å². The summed E-state index contributed by atoms with van der Waals surface area (Å²) in [5.41, 5.74) is -3.89. The molecule has 0 unspecified atom stereocenters. The van der Waals surface area contributed by atoms with Crippen molar-refractivity contribution in [2.75, 3.05) is 13.2 Å². The van der Waals surface area contributed by atoms with Crippen molar-refractivity contribution in [3.05, 3.63) is 18.2 Å². The lowest BCUT2D eigenvalue weighted by Gasteiger charge is -2.36. The Balaban J connectivity index is 3.26. The first kappa shape index (κ1) is 32.2. The van der Waals surface area contributed by atoms with Crippen LogP contribution in [0.25, 0.3) is 0 Å². The molecule has 0 atom stereocenters. The van der Waals surface area contributed by atoms with Crippen LogP contribution in [0.4, 0.5) is 57.5 Å². The molecule has 1 aromatic rings. The number of hydrazine groups is 1. The van der Waals surface area contributed by atoms with Gasteiger partial charge in [0.1, 0.15) is 16.4 Å². The van der Waals surface area contributed by atoms with Gasteiger partial charge in [0, 0.05) is 6.07 Å². The molecular formula is C16H15F12N3O5S. The average Bonchev–Trinajstić information content (AvgIpc) is 2.70. The topological polar surface area (TPSA) is 106 Å². The molecule has 0 aromatic heterocycles. The third-order valence-corrected chi connectivity index (χ3v) is 5.39. The molecule has 0 saturated carbocycles. The number of halogens is 12. The SMILES string of the molecule is CCC(NC(=O)NNS(=O)(=O)c1cc(OCC(F)(F)F)ccc1OCC(F)(F)F)(C(F)(F)F)C(F)(F)F. The Hall–Kier alpha value is -2.84. The number of benzene rings is 1. The van der Waals surface area contributed by atoms with Crippen molar-refractivity contribution in [1.82, 2.24) is 15.6 Å². The molecule has 0 heterocycles. The first-order valence-electron chi connectivity index (χ1n) is 9.20. The van der Waals surface area contributed by atoms with Gasteiger partial charge in [-0.25, -0.2) is 13.2 Å². The highest BCUT2D eigenvalue weighted by Crippen LogP contribution is 2.45. The van der Waals surface area contributed by atoms with Crippen molar-refractivity contribution in [3.63, 3.8) is 0 Å². The summed E-state index contributed by atoms with van der Waals surface area (Å²) in [6, 6.07) is -1.22. The van der Waals surface area contributed by atoms with E-state index in [0.717, 1.165) is 10.3 Å². The molecule has 2 amide bonds. The Labute approximate surface area is 199 Å². The normalized spacial score (nSPS) is 13.8. The second kappa shape index (κ2) is 10.9. The summed E-state index contributed by atoms with van der Waals surface area (Å²) < 4.78 is 186. The minimum absolute atomic E-state index is 0.196. The van der Waals surface area contributed by atoms with Crippen LogP contribution in [-0.4, -0.2) is 57.9 Å². The van der Waals surface area contributed by atoms with Crippen LogP contribution in [0.2, 0.25) is 0 Å². The lowest BCUT2D eigenvalue weighted by atomic mass is 9.94. The highest BCUT2D eigenvalue weighted by molar-refractivity contribution is 7.89. The minimum Gasteiger partial charge on any atom is -0.484 e. The first-order chi connectivity index (χ1) is 16.4. The predicted molar refractivity (Wildman–Crippen MR) is 96.7 cm³/mol. The number of carbonyl (C=O) groups excluding carboxylic acids is 1. The van der Waals surface area contributed by atoms with Crippen molar-refractivity contribution in [3.8, 4) is 11.5 Å². The third kappa shape index (κ3) is 8.90. The van der Waals surface area contributed by atoms with E-state index in [1.807, 2.05) is 0 Å². The van der Waals surface area contributed by atoms with Gasteiger partial charge in [0.2, 0.25) is 5.54 Å². The Kier molecular flexibility index (Phi) is 9.46. The maximum Gasteiger partial charge on any atom is 0.422 e. The van der Waals surface area contributed by atoms with Gasteiger partial charge in [0.25, 0.3) is 10.0 Å².